The van der Waals surface area contributed by atoms with Crippen LogP contribution in [-0.2, 0) is 11.2 Å². The highest BCUT2D eigenvalue weighted by Gasteiger charge is 2.31. The normalized spacial score (nSPS) is 16.2. The van der Waals surface area contributed by atoms with E-state index in [1.54, 1.807) is 12.1 Å². The Labute approximate surface area is 196 Å². The molecule has 1 aliphatic rings. The van der Waals surface area contributed by atoms with E-state index < -0.39 is 12.3 Å². The molecule has 1 fully saturated rings. The first kappa shape index (κ1) is 25.4. The summed E-state index contributed by atoms with van der Waals surface area (Å²) in [6, 6.07) is 7.85. The minimum Gasteiger partial charge on any atom is -0.481 e. The van der Waals surface area contributed by atoms with Gasteiger partial charge in [0.2, 0.25) is 0 Å². The molecule has 2 heterocycles. The SMILES string of the molecule is COc1nc(NCCc2ccc(OC(F)(F)F)cc2)cc(N2CCCC(CCCC(=O)O)C2)n1. The van der Waals surface area contributed by atoms with Gasteiger partial charge in [0.15, 0.2) is 0 Å². The van der Waals surface area contributed by atoms with Crippen LogP contribution in [0.5, 0.6) is 11.8 Å². The first-order valence-corrected chi connectivity index (χ1v) is 11.2. The maximum Gasteiger partial charge on any atom is 0.573 e. The Balaban J connectivity index is 1.57. The molecule has 0 amide bonds. The molecular weight excluding hydrogens is 453 g/mol. The second-order valence-electron chi connectivity index (χ2n) is 8.21. The smallest absolute Gasteiger partial charge is 0.481 e. The number of carboxylic acid groups (broad SMARTS) is 1. The molecule has 0 bridgehead atoms. The molecule has 8 nitrogen and oxygen atoms in total. The zero-order valence-electron chi connectivity index (χ0n) is 19.0. The number of hydrogen-bond acceptors (Lipinski definition) is 7. The van der Waals surface area contributed by atoms with Crippen LogP contribution < -0.4 is 19.7 Å². The van der Waals surface area contributed by atoms with Gasteiger partial charge in [-0.3, -0.25) is 4.79 Å². The molecular formula is C23H29F3N4O4. The van der Waals surface area contributed by atoms with Crippen molar-refractivity contribution in [1.82, 2.24) is 9.97 Å². The quantitative estimate of drug-likeness (QED) is 0.483. The van der Waals surface area contributed by atoms with Gasteiger partial charge in [-0.2, -0.15) is 9.97 Å². The van der Waals surface area contributed by atoms with Crippen molar-refractivity contribution in [3.63, 3.8) is 0 Å². The number of ether oxygens (including phenoxy) is 2. The van der Waals surface area contributed by atoms with Crippen molar-refractivity contribution in [2.24, 2.45) is 5.92 Å². The molecule has 1 unspecified atom stereocenters. The zero-order valence-corrected chi connectivity index (χ0v) is 19.0. The second-order valence-corrected chi connectivity index (χ2v) is 8.21. The van der Waals surface area contributed by atoms with Gasteiger partial charge >= 0.3 is 18.3 Å². The molecule has 1 atom stereocenters. The van der Waals surface area contributed by atoms with Crippen molar-refractivity contribution in [2.75, 3.05) is 37.0 Å². The molecule has 1 aromatic carbocycles. The highest BCUT2D eigenvalue weighted by Crippen LogP contribution is 2.28. The van der Waals surface area contributed by atoms with Crippen molar-refractivity contribution in [3.8, 4) is 11.8 Å². The van der Waals surface area contributed by atoms with E-state index in [9.17, 15) is 18.0 Å². The summed E-state index contributed by atoms with van der Waals surface area (Å²) in [4.78, 5) is 21.8. The summed E-state index contributed by atoms with van der Waals surface area (Å²) in [5.41, 5.74) is 0.850. The lowest BCUT2D eigenvalue weighted by Crippen LogP contribution is -2.36. The van der Waals surface area contributed by atoms with Crippen LogP contribution in [-0.4, -0.2) is 54.2 Å². The first-order valence-electron chi connectivity index (χ1n) is 11.2. The standard InChI is InChI=1S/C23H29F3N4O4/c1-33-22-28-19(27-12-11-16-7-9-18(10-8-16)34-23(24,25)26)14-20(29-22)30-13-3-5-17(15-30)4-2-6-21(31)32/h7-10,14,17H,2-6,11-13,15H2,1H3,(H,31,32)(H,27,28,29). The third-order valence-corrected chi connectivity index (χ3v) is 5.60. The van der Waals surface area contributed by atoms with E-state index in [-0.39, 0.29) is 18.2 Å². The third-order valence-electron chi connectivity index (χ3n) is 5.60. The first-order chi connectivity index (χ1) is 16.2. The number of halogens is 3. The van der Waals surface area contributed by atoms with Crippen LogP contribution in [0.15, 0.2) is 30.3 Å². The minimum atomic E-state index is -4.71. The number of methoxy groups -OCH3 is 1. The fraction of sp³-hybridized carbons (Fsp3) is 0.522. The Morgan fingerprint density at radius 1 is 1.26 bits per heavy atom. The van der Waals surface area contributed by atoms with Crippen LogP contribution in [0.25, 0.3) is 0 Å². The number of alkyl halides is 3. The molecule has 2 aromatic rings. The molecule has 34 heavy (non-hydrogen) atoms. The Bertz CT molecular complexity index is 941. The molecule has 0 spiro atoms. The molecule has 0 aliphatic carbocycles. The van der Waals surface area contributed by atoms with Crippen LogP contribution in [0.2, 0.25) is 0 Å². The van der Waals surface area contributed by atoms with Crippen LogP contribution in [0.3, 0.4) is 0 Å². The van der Waals surface area contributed by atoms with Gasteiger partial charge in [-0.25, -0.2) is 0 Å². The predicted octanol–water partition coefficient (Wildman–Crippen LogP) is 4.51. The summed E-state index contributed by atoms with van der Waals surface area (Å²) in [5, 5.41) is 12.1. The van der Waals surface area contributed by atoms with Gasteiger partial charge in [-0.15, -0.1) is 13.2 Å². The Morgan fingerprint density at radius 2 is 2.03 bits per heavy atom. The van der Waals surface area contributed by atoms with E-state index in [0.717, 1.165) is 43.7 Å². The van der Waals surface area contributed by atoms with Crippen molar-refractivity contribution >= 4 is 17.6 Å². The van der Waals surface area contributed by atoms with Crippen molar-refractivity contribution in [2.45, 2.75) is 44.9 Å². The van der Waals surface area contributed by atoms with E-state index in [1.807, 2.05) is 6.07 Å². The Kier molecular flexibility index (Phi) is 8.78. The number of piperidine rings is 1. The summed E-state index contributed by atoms with van der Waals surface area (Å²) in [7, 11) is 1.50. The monoisotopic (exact) mass is 482 g/mol. The van der Waals surface area contributed by atoms with Crippen LogP contribution in [0, 0.1) is 5.92 Å². The number of anilines is 2. The minimum absolute atomic E-state index is 0.185. The molecule has 1 aromatic heterocycles. The number of carbonyl (C=O) groups is 1. The van der Waals surface area contributed by atoms with Crippen molar-refractivity contribution in [1.29, 1.82) is 0 Å². The topological polar surface area (TPSA) is 96.8 Å². The van der Waals surface area contributed by atoms with Crippen LogP contribution in [0.1, 0.15) is 37.7 Å². The molecule has 186 valence electrons. The van der Waals surface area contributed by atoms with E-state index in [2.05, 4.69) is 24.9 Å². The van der Waals surface area contributed by atoms with Gasteiger partial charge in [-0.1, -0.05) is 12.1 Å². The number of benzene rings is 1. The number of hydrogen-bond donors (Lipinski definition) is 2. The number of nitrogens with one attached hydrogen (secondary N) is 1. The molecule has 1 aliphatic heterocycles. The maximum absolute atomic E-state index is 12.3. The summed E-state index contributed by atoms with van der Waals surface area (Å²) in [6.07, 6.45) is -0.357. The summed E-state index contributed by atoms with van der Waals surface area (Å²) < 4.78 is 46.0. The van der Waals surface area contributed by atoms with Gasteiger partial charge < -0.3 is 24.8 Å². The summed E-state index contributed by atoms with van der Waals surface area (Å²) in [6.45, 7) is 2.16. The average Bonchev–Trinajstić information content (AvgIpc) is 2.79. The molecule has 0 radical (unpaired) electrons. The summed E-state index contributed by atoms with van der Waals surface area (Å²) in [5.74, 6) is 0.722. The van der Waals surface area contributed by atoms with Crippen LogP contribution >= 0.6 is 0 Å². The van der Waals surface area contributed by atoms with Gasteiger partial charge in [0.25, 0.3) is 0 Å². The summed E-state index contributed by atoms with van der Waals surface area (Å²) >= 11 is 0. The largest absolute Gasteiger partial charge is 0.573 e. The Morgan fingerprint density at radius 3 is 2.71 bits per heavy atom. The molecule has 3 rings (SSSR count). The highest BCUT2D eigenvalue weighted by atomic mass is 19.4. The molecule has 1 saturated heterocycles. The number of aromatic nitrogens is 2. The van der Waals surface area contributed by atoms with E-state index >= 15 is 0 Å². The average molecular weight is 483 g/mol. The lowest BCUT2D eigenvalue weighted by Gasteiger charge is -2.33. The maximum atomic E-state index is 12.3. The molecule has 11 heteroatoms. The number of aliphatic carboxylic acids is 1. The Hall–Kier alpha value is -3.24. The van der Waals surface area contributed by atoms with Crippen LogP contribution in [0.4, 0.5) is 24.8 Å². The lowest BCUT2D eigenvalue weighted by atomic mass is 9.93. The predicted molar refractivity (Wildman–Crippen MR) is 120 cm³/mol. The van der Waals surface area contributed by atoms with E-state index in [4.69, 9.17) is 9.84 Å². The fourth-order valence-corrected chi connectivity index (χ4v) is 4.00. The van der Waals surface area contributed by atoms with E-state index in [0.29, 0.717) is 31.1 Å². The lowest BCUT2D eigenvalue weighted by molar-refractivity contribution is -0.274. The van der Waals surface area contributed by atoms with Gasteiger partial charge in [0, 0.05) is 32.1 Å². The fourth-order valence-electron chi connectivity index (χ4n) is 4.00. The highest BCUT2D eigenvalue weighted by molar-refractivity contribution is 5.66. The van der Waals surface area contributed by atoms with Crippen molar-refractivity contribution in [3.05, 3.63) is 35.9 Å². The van der Waals surface area contributed by atoms with Crippen molar-refractivity contribution < 1.29 is 32.5 Å². The van der Waals surface area contributed by atoms with Gasteiger partial charge in [0.05, 0.1) is 7.11 Å². The van der Waals surface area contributed by atoms with E-state index in [1.165, 1.54) is 19.2 Å². The number of rotatable bonds is 11. The third kappa shape index (κ3) is 8.27. The van der Waals surface area contributed by atoms with Gasteiger partial charge in [-0.05, 0) is 55.7 Å². The number of nitrogens with zero attached hydrogens (tertiary/aromatic N) is 3. The zero-order chi connectivity index (χ0) is 24.6. The molecule has 2 N–H and O–H groups in total. The second kappa shape index (κ2) is 11.8. The van der Waals surface area contributed by atoms with Gasteiger partial charge in [0.1, 0.15) is 17.4 Å². The number of carboxylic acids is 1. The molecule has 0 saturated carbocycles.